The molecular formula is C31H34N4O2. The quantitative estimate of drug-likeness (QED) is 0.310. The van der Waals surface area contributed by atoms with E-state index in [4.69, 9.17) is 4.42 Å². The third kappa shape index (κ3) is 6.66. The normalized spacial score (nSPS) is 14.9. The molecule has 0 bridgehead atoms. The number of hydrogen-bond acceptors (Lipinski definition) is 5. The second kappa shape index (κ2) is 12.4. The van der Waals surface area contributed by atoms with Gasteiger partial charge >= 0.3 is 0 Å². The van der Waals surface area contributed by atoms with Gasteiger partial charge in [-0.3, -0.25) is 9.78 Å². The zero-order chi connectivity index (χ0) is 25.3. The summed E-state index contributed by atoms with van der Waals surface area (Å²) in [6.07, 6.45) is 8.46. The SMILES string of the molecule is O=C(NCc1cccnc1)c1ccc(N2CCC(NCCC(c3ccccc3)c3ccco3)CC2)cc1. The summed E-state index contributed by atoms with van der Waals surface area (Å²) in [6, 6.07) is 26.9. The van der Waals surface area contributed by atoms with Gasteiger partial charge in [0.1, 0.15) is 5.76 Å². The van der Waals surface area contributed by atoms with Crippen LogP contribution in [0.15, 0.2) is 102 Å². The summed E-state index contributed by atoms with van der Waals surface area (Å²) in [4.78, 5) is 19.0. The van der Waals surface area contributed by atoms with Crippen molar-refractivity contribution in [2.24, 2.45) is 0 Å². The molecule has 1 fully saturated rings. The maximum absolute atomic E-state index is 12.5. The van der Waals surface area contributed by atoms with Gasteiger partial charge in [-0.25, -0.2) is 0 Å². The van der Waals surface area contributed by atoms with Crippen LogP contribution in [0.4, 0.5) is 5.69 Å². The van der Waals surface area contributed by atoms with Crippen LogP contribution in [0, 0.1) is 0 Å². The molecule has 2 N–H and O–H groups in total. The topological polar surface area (TPSA) is 70.4 Å². The van der Waals surface area contributed by atoms with Crippen LogP contribution in [0.2, 0.25) is 0 Å². The van der Waals surface area contributed by atoms with Crippen LogP contribution in [0.3, 0.4) is 0 Å². The van der Waals surface area contributed by atoms with Crippen LogP contribution in [-0.2, 0) is 6.54 Å². The van der Waals surface area contributed by atoms with Crippen LogP contribution in [0.5, 0.6) is 0 Å². The number of pyridine rings is 1. The van der Waals surface area contributed by atoms with Crippen molar-refractivity contribution in [1.29, 1.82) is 0 Å². The van der Waals surface area contributed by atoms with Crippen LogP contribution < -0.4 is 15.5 Å². The van der Waals surface area contributed by atoms with Gasteiger partial charge in [0.15, 0.2) is 0 Å². The smallest absolute Gasteiger partial charge is 0.251 e. The zero-order valence-electron chi connectivity index (χ0n) is 21.1. The minimum absolute atomic E-state index is 0.0679. The first kappa shape index (κ1) is 24.8. The number of carbonyl (C=O) groups is 1. The molecule has 0 saturated carbocycles. The van der Waals surface area contributed by atoms with Gasteiger partial charge in [-0.15, -0.1) is 0 Å². The Balaban J connectivity index is 1.07. The largest absolute Gasteiger partial charge is 0.469 e. The molecular weight excluding hydrogens is 460 g/mol. The lowest BCUT2D eigenvalue weighted by atomic mass is 9.93. The van der Waals surface area contributed by atoms with Crippen LogP contribution >= 0.6 is 0 Å². The standard InChI is InChI=1S/C31H34N4O2/c36-31(34-23-24-6-4-17-32-22-24)26-10-12-28(13-11-26)35-19-15-27(16-20-35)33-18-14-29(30-9-5-21-37-30)25-7-2-1-3-8-25/h1-13,17,21-22,27,29,33H,14-16,18-20,23H2,(H,34,36). The highest BCUT2D eigenvalue weighted by atomic mass is 16.3. The van der Waals surface area contributed by atoms with Gasteiger partial charge in [0.05, 0.1) is 6.26 Å². The molecule has 1 aliphatic rings. The van der Waals surface area contributed by atoms with Gasteiger partial charge in [-0.2, -0.15) is 0 Å². The number of anilines is 1. The molecule has 1 unspecified atom stereocenters. The summed E-state index contributed by atoms with van der Waals surface area (Å²) in [6.45, 7) is 3.44. The molecule has 6 heteroatoms. The summed E-state index contributed by atoms with van der Waals surface area (Å²) in [7, 11) is 0. The Morgan fingerprint density at radius 1 is 0.973 bits per heavy atom. The molecule has 5 rings (SSSR count). The Morgan fingerprint density at radius 2 is 1.78 bits per heavy atom. The van der Waals surface area contributed by atoms with Crippen molar-refractivity contribution in [1.82, 2.24) is 15.6 Å². The molecule has 4 aromatic rings. The number of aromatic nitrogens is 1. The number of carbonyl (C=O) groups excluding carboxylic acids is 1. The van der Waals surface area contributed by atoms with E-state index in [1.165, 1.54) is 11.3 Å². The number of rotatable bonds is 10. The number of benzene rings is 2. The van der Waals surface area contributed by atoms with E-state index < -0.39 is 0 Å². The lowest BCUT2D eigenvalue weighted by Gasteiger charge is -2.34. The van der Waals surface area contributed by atoms with Gasteiger partial charge in [0.2, 0.25) is 0 Å². The fourth-order valence-electron chi connectivity index (χ4n) is 5.03. The molecule has 2 aromatic carbocycles. The number of furan rings is 1. The van der Waals surface area contributed by atoms with E-state index in [-0.39, 0.29) is 11.8 Å². The van der Waals surface area contributed by atoms with Crippen molar-refractivity contribution in [2.75, 3.05) is 24.5 Å². The van der Waals surface area contributed by atoms with Gasteiger partial charge in [0, 0.05) is 55.2 Å². The third-order valence-electron chi connectivity index (χ3n) is 7.12. The molecule has 1 amide bonds. The predicted molar refractivity (Wildman–Crippen MR) is 147 cm³/mol. The van der Waals surface area contributed by atoms with Crippen molar-refractivity contribution < 1.29 is 9.21 Å². The Bertz CT molecular complexity index is 1220. The van der Waals surface area contributed by atoms with E-state index in [0.717, 1.165) is 50.2 Å². The molecule has 1 atom stereocenters. The average molecular weight is 495 g/mol. The molecule has 0 aliphatic carbocycles. The second-order valence-electron chi connectivity index (χ2n) is 9.57. The summed E-state index contributed by atoms with van der Waals surface area (Å²) in [5.41, 5.74) is 4.13. The Morgan fingerprint density at radius 3 is 2.49 bits per heavy atom. The summed E-state index contributed by atoms with van der Waals surface area (Å²) >= 11 is 0. The van der Waals surface area contributed by atoms with E-state index >= 15 is 0 Å². The van der Waals surface area contributed by atoms with Gasteiger partial charge in [0.25, 0.3) is 5.91 Å². The molecule has 2 aromatic heterocycles. The molecule has 1 saturated heterocycles. The second-order valence-corrected chi connectivity index (χ2v) is 9.57. The molecule has 37 heavy (non-hydrogen) atoms. The predicted octanol–water partition coefficient (Wildman–Crippen LogP) is 5.39. The Kier molecular flexibility index (Phi) is 8.28. The molecule has 0 spiro atoms. The van der Waals surface area contributed by atoms with E-state index in [2.05, 4.69) is 69.0 Å². The van der Waals surface area contributed by atoms with Crippen molar-refractivity contribution >= 4 is 11.6 Å². The molecule has 6 nitrogen and oxygen atoms in total. The molecule has 3 heterocycles. The number of nitrogens with one attached hydrogen (secondary N) is 2. The third-order valence-corrected chi connectivity index (χ3v) is 7.12. The number of nitrogens with zero attached hydrogens (tertiary/aromatic N) is 2. The Hall–Kier alpha value is -3.90. The highest BCUT2D eigenvalue weighted by Gasteiger charge is 2.21. The maximum Gasteiger partial charge on any atom is 0.251 e. The zero-order valence-corrected chi connectivity index (χ0v) is 21.1. The van der Waals surface area contributed by atoms with E-state index in [1.807, 2.05) is 30.3 Å². The number of hydrogen-bond donors (Lipinski definition) is 2. The van der Waals surface area contributed by atoms with E-state index in [0.29, 0.717) is 18.2 Å². The lowest BCUT2D eigenvalue weighted by Crippen LogP contribution is -2.43. The summed E-state index contributed by atoms with van der Waals surface area (Å²) < 4.78 is 5.75. The average Bonchev–Trinajstić information content (AvgIpc) is 3.50. The summed E-state index contributed by atoms with van der Waals surface area (Å²) in [5.74, 6) is 1.22. The highest BCUT2D eigenvalue weighted by molar-refractivity contribution is 5.94. The van der Waals surface area contributed by atoms with Crippen molar-refractivity contribution in [3.63, 3.8) is 0 Å². The fourth-order valence-corrected chi connectivity index (χ4v) is 5.03. The van der Waals surface area contributed by atoms with Crippen molar-refractivity contribution in [2.45, 2.75) is 37.8 Å². The van der Waals surface area contributed by atoms with Crippen LogP contribution in [-0.4, -0.2) is 36.6 Å². The van der Waals surface area contributed by atoms with Crippen molar-refractivity contribution in [3.8, 4) is 0 Å². The van der Waals surface area contributed by atoms with Crippen molar-refractivity contribution in [3.05, 3.63) is 120 Å². The minimum Gasteiger partial charge on any atom is -0.469 e. The number of piperidine rings is 1. The van der Waals surface area contributed by atoms with E-state index in [9.17, 15) is 4.79 Å². The highest BCUT2D eigenvalue weighted by Crippen LogP contribution is 2.28. The van der Waals surface area contributed by atoms with Crippen LogP contribution in [0.25, 0.3) is 0 Å². The fraction of sp³-hybridized carbons (Fsp3) is 0.290. The summed E-state index contributed by atoms with van der Waals surface area (Å²) in [5, 5.41) is 6.74. The lowest BCUT2D eigenvalue weighted by molar-refractivity contribution is 0.0951. The van der Waals surface area contributed by atoms with E-state index in [1.54, 1.807) is 18.7 Å². The Labute approximate surface area is 218 Å². The maximum atomic E-state index is 12.5. The molecule has 190 valence electrons. The first-order valence-corrected chi connectivity index (χ1v) is 13.1. The minimum atomic E-state index is -0.0679. The molecule has 0 radical (unpaired) electrons. The van der Waals surface area contributed by atoms with Gasteiger partial charge < -0.3 is 20.0 Å². The monoisotopic (exact) mass is 494 g/mol. The molecule has 1 aliphatic heterocycles. The number of amides is 1. The van der Waals surface area contributed by atoms with Gasteiger partial charge in [-0.1, -0.05) is 36.4 Å². The van der Waals surface area contributed by atoms with Crippen LogP contribution in [0.1, 0.15) is 52.4 Å². The first-order chi connectivity index (χ1) is 18.3. The van der Waals surface area contributed by atoms with Gasteiger partial charge in [-0.05, 0) is 79.4 Å². The first-order valence-electron chi connectivity index (χ1n) is 13.1.